The second-order valence-electron chi connectivity index (χ2n) is 4.24. The highest BCUT2D eigenvalue weighted by molar-refractivity contribution is 8.23. The summed E-state index contributed by atoms with van der Waals surface area (Å²) in [6, 6.07) is 7.52. The Labute approximate surface area is 121 Å². The highest BCUT2D eigenvalue weighted by Crippen LogP contribution is 2.19. The summed E-state index contributed by atoms with van der Waals surface area (Å²) >= 11 is 6.37. The van der Waals surface area contributed by atoms with Gasteiger partial charge in [-0.1, -0.05) is 24.0 Å². The fourth-order valence-electron chi connectivity index (χ4n) is 1.49. The molecule has 1 amide bonds. The number of hydrogen-bond acceptors (Lipinski definition) is 5. The van der Waals surface area contributed by atoms with Crippen molar-refractivity contribution in [1.29, 1.82) is 0 Å². The van der Waals surface area contributed by atoms with Crippen LogP contribution in [-0.2, 0) is 4.79 Å². The molecule has 0 saturated carbocycles. The minimum Gasteiger partial charge on any atom is -0.491 e. The monoisotopic (exact) mass is 294 g/mol. The van der Waals surface area contributed by atoms with Gasteiger partial charge in [-0.15, -0.1) is 0 Å². The molecule has 6 heteroatoms. The lowest BCUT2D eigenvalue weighted by Gasteiger charge is -2.09. The summed E-state index contributed by atoms with van der Waals surface area (Å²) in [5.41, 5.74) is 0.892. The normalized spacial score (nSPS) is 15.8. The summed E-state index contributed by atoms with van der Waals surface area (Å²) in [5.74, 6) is 1.11. The number of ether oxygens (including phenoxy) is 1. The number of thioether (sulfide) groups is 1. The quantitative estimate of drug-likeness (QED) is 0.632. The molecule has 0 spiro atoms. The summed E-state index contributed by atoms with van der Waals surface area (Å²) in [5, 5.41) is 5.36. The number of hydrazone groups is 1. The van der Waals surface area contributed by atoms with E-state index in [0.29, 0.717) is 10.1 Å². The van der Waals surface area contributed by atoms with Gasteiger partial charge in [0.05, 0.1) is 18.1 Å². The highest BCUT2D eigenvalue weighted by Gasteiger charge is 2.25. The number of carbonyl (C=O) groups is 1. The van der Waals surface area contributed by atoms with Gasteiger partial charge in [0, 0.05) is 0 Å². The predicted molar refractivity (Wildman–Crippen MR) is 81.7 cm³/mol. The van der Waals surface area contributed by atoms with Crippen molar-refractivity contribution in [3.8, 4) is 5.75 Å². The number of nitrogens with zero attached hydrogens (tertiary/aromatic N) is 2. The van der Waals surface area contributed by atoms with E-state index in [4.69, 9.17) is 17.0 Å². The Morgan fingerprint density at radius 1 is 1.42 bits per heavy atom. The van der Waals surface area contributed by atoms with Crippen molar-refractivity contribution >= 4 is 40.4 Å². The van der Waals surface area contributed by atoms with E-state index in [1.54, 1.807) is 6.21 Å². The molecule has 0 aliphatic carbocycles. The average molecular weight is 294 g/mol. The average Bonchev–Trinajstić information content (AvgIpc) is 2.68. The van der Waals surface area contributed by atoms with Crippen molar-refractivity contribution in [3.05, 3.63) is 29.8 Å². The SMILES string of the molecule is CC(C)Oc1ccc(/C=N\N2C(=O)CSC2=S)cc1. The molecule has 1 aromatic rings. The van der Waals surface area contributed by atoms with Gasteiger partial charge < -0.3 is 4.74 Å². The molecule has 1 aliphatic heterocycles. The first-order chi connectivity index (χ1) is 9.06. The molecular formula is C13H14N2O2S2. The van der Waals surface area contributed by atoms with Gasteiger partial charge in [-0.05, 0) is 43.7 Å². The lowest BCUT2D eigenvalue weighted by molar-refractivity contribution is -0.123. The maximum Gasteiger partial charge on any atom is 0.259 e. The number of carbonyl (C=O) groups excluding carboxylic acids is 1. The summed E-state index contributed by atoms with van der Waals surface area (Å²) < 4.78 is 6.05. The third-order valence-electron chi connectivity index (χ3n) is 2.30. The molecule has 1 heterocycles. The number of hydrogen-bond donors (Lipinski definition) is 0. The van der Waals surface area contributed by atoms with E-state index in [1.165, 1.54) is 16.8 Å². The molecule has 0 aromatic heterocycles. The Kier molecular flexibility index (Phi) is 4.55. The van der Waals surface area contributed by atoms with Crippen LogP contribution in [0.3, 0.4) is 0 Å². The second-order valence-corrected chi connectivity index (χ2v) is 5.85. The van der Waals surface area contributed by atoms with Crippen LogP contribution in [0.15, 0.2) is 29.4 Å². The Hall–Kier alpha value is -1.40. The van der Waals surface area contributed by atoms with Crippen LogP contribution in [0.1, 0.15) is 19.4 Å². The predicted octanol–water partition coefficient (Wildman–Crippen LogP) is 2.67. The molecule has 100 valence electrons. The number of rotatable bonds is 4. The molecule has 1 saturated heterocycles. The van der Waals surface area contributed by atoms with E-state index < -0.39 is 0 Å². The van der Waals surface area contributed by atoms with E-state index in [-0.39, 0.29) is 12.0 Å². The summed E-state index contributed by atoms with van der Waals surface area (Å²) in [6.07, 6.45) is 1.77. The maximum absolute atomic E-state index is 11.5. The van der Waals surface area contributed by atoms with Crippen molar-refractivity contribution in [2.45, 2.75) is 20.0 Å². The van der Waals surface area contributed by atoms with Gasteiger partial charge in [0.25, 0.3) is 5.91 Å². The van der Waals surface area contributed by atoms with Gasteiger partial charge in [-0.3, -0.25) is 4.79 Å². The molecule has 0 radical (unpaired) electrons. The Balaban J connectivity index is 2.03. The van der Waals surface area contributed by atoms with Crippen LogP contribution in [0.2, 0.25) is 0 Å². The lowest BCUT2D eigenvalue weighted by Crippen LogP contribution is -2.22. The molecule has 4 nitrogen and oxygen atoms in total. The van der Waals surface area contributed by atoms with Crippen molar-refractivity contribution in [2.75, 3.05) is 5.75 Å². The van der Waals surface area contributed by atoms with Crippen molar-refractivity contribution in [2.24, 2.45) is 5.10 Å². The molecular weight excluding hydrogens is 280 g/mol. The Morgan fingerprint density at radius 2 is 2.11 bits per heavy atom. The smallest absolute Gasteiger partial charge is 0.259 e. The van der Waals surface area contributed by atoms with Crippen LogP contribution in [0.4, 0.5) is 0 Å². The largest absolute Gasteiger partial charge is 0.491 e. The molecule has 0 atom stereocenters. The zero-order valence-electron chi connectivity index (χ0n) is 10.7. The van der Waals surface area contributed by atoms with E-state index in [2.05, 4.69) is 5.10 Å². The van der Waals surface area contributed by atoms with Crippen LogP contribution < -0.4 is 4.74 Å². The minimum atomic E-state index is -0.0778. The van der Waals surface area contributed by atoms with Crippen LogP contribution in [0, 0.1) is 0 Å². The van der Waals surface area contributed by atoms with Crippen molar-refractivity contribution < 1.29 is 9.53 Å². The van der Waals surface area contributed by atoms with Crippen molar-refractivity contribution in [3.63, 3.8) is 0 Å². The first-order valence-electron chi connectivity index (χ1n) is 5.86. The third-order valence-corrected chi connectivity index (χ3v) is 3.64. The molecule has 1 fully saturated rings. The minimum absolute atomic E-state index is 0.0778. The number of thiocarbonyl (C=S) groups is 1. The van der Waals surface area contributed by atoms with E-state index in [0.717, 1.165) is 11.3 Å². The molecule has 0 bridgehead atoms. The fourth-order valence-corrected chi connectivity index (χ4v) is 2.45. The molecule has 0 unspecified atom stereocenters. The molecule has 1 aromatic carbocycles. The van der Waals surface area contributed by atoms with Gasteiger partial charge in [0.15, 0.2) is 4.32 Å². The van der Waals surface area contributed by atoms with Crippen LogP contribution >= 0.6 is 24.0 Å². The summed E-state index contributed by atoms with van der Waals surface area (Å²) in [6.45, 7) is 3.96. The van der Waals surface area contributed by atoms with Gasteiger partial charge in [-0.25, -0.2) is 0 Å². The first kappa shape index (κ1) is 14.0. The van der Waals surface area contributed by atoms with Gasteiger partial charge >= 0.3 is 0 Å². The van der Waals surface area contributed by atoms with Crippen LogP contribution in [-0.4, -0.2) is 33.3 Å². The van der Waals surface area contributed by atoms with Gasteiger partial charge in [-0.2, -0.15) is 10.1 Å². The zero-order chi connectivity index (χ0) is 13.8. The standard InChI is InChI=1S/C13H14N2O2S2/c1-9(2)17-11-5-3-10(4-6-11)7-14-15-12(16)8-19-13(15)18/h3-7,9H,8H2,1-2H3/b14-7-. The Morgan fingerprint density at radius 3 is 2.63 bits per heavy atom. The first-order valence-corrected chi connectivity index (χ1v) is 7.26. The fraction of sp³-hybridized carbons (Fsp3) is 0.308. The zero-order valence-corrected chi connectivity index (χ0v) is 12.3. The van der Waals surface area contributed by atoms with E-state index >= 15 is 0 Å². The summed E-state index contributed by atoms with van der Waals surface area (Å²) in [7, 11) is 0. The molecule has 1 aliphatic rings. The van der Waals surface area contributed by atoms with Gasteiger partial charge in [0.2, 0.25) is 0 Å². The third kappa shape index (κ3) is 3.78. The number of amides is 1. The highest BCUT2D eigenvalue weighted by atomic mass is 32.2. The Bertz CT molecular complexity index is 496. The van der Waals surface area contributed by atoms with Crippen molar-refractivity contribution in [1.82, 2.24) is 5.01 Å². The maximum atomic E-state index is 11.5. The lowest BCUT2D eigenvalue weighted by atomic mass is 10.2. The second kappa shape index (κ2) is 6.16. The summed E-state index contributed by atoms with van der Waals surface area (Å²) in [4.78, 5) is 11.5. The van der Waals surface area contributed by atoms with E-state index in [9.17, 15) is 4.79 Å². The van der Waals surface area contributed by atoms with E-state index in [1.807, 2.05) is 38.1 Å². The van der Waals surface area contributed by atoms with Crippen LogP contribution in [0.25, 0.3) is 0 Å². The number of benzene rings is 1. The topological polar surface area (TPSA) is 41.9 Å². The van der Waals surface area contributed by atoms with Gasteiger partial charge in [0.1, 0.15) is 5.75 Å². The molecule has 19 heavy (non-hydrogen) atoms. The molecule has 0 N–H and O–H groups in total. The molecule has 2 rings (SSSR count). The van der Waals surface area contributed by atoms with Crippen LogP contribution in [0.5, 0.6) is 5.75 Å².